The van der Waals surface area contributed by atoms with Gasteiger partial charge in [-0.15, -0.1) is 11.3 Å². The zero-order valence-corrected chi connectivity index (χ0v) is 24.9. The van der Waals surface area contributed by atoms with Gasteiger partial charge in [-0.25, -0.2) is 4.79 Å². The van der Waals surface area contributed by atoms with E-state index in [1.165, 1.54) is 33.8 Å². The van der Waals surface area contributed by atoms with Gasteiger partial charge in [-0.05, 0) is 60.3 Å². The Morgan fingerprint density at radius 2 is 1.86 bits per heavy atom. The van der Waals surface area contributed by atoms with E-state index in [4.69, 9.17) is 9.21 Å². The van der Waals surface area contributed by atoms with Crippen LogP contribution in [0.25, 0.3) is 0 Å². The number of nitrogens with one attached hydrogen (secondary N) is 1. The molecule has 0 amide bonds. The van der Waals surface area contributed by atoms with Crippen LogP contribution in [-0.4, -0.2) is 31.5 Å². The highest BCUT2D eigenvalue weighted by molar-refractivity contribution is 9.10. The lowest BCUT2D eigenvalue weighted by Crippen LogP contribution is -2.19. The number of hydrogen-bond donors (Lipinski definition) is 2. The lowest BCUT2D eigenvalue weighted by atomic mass is 9.99. The molecule has 7 nitrogen and oxygen atoms in total. The number of ether oxygens (including phenoxy) is 1. The van der Waals surface area contributed by atoms with Crippen molar-refractivity contribution in [2.24, 2.45) is 11.8 Å². The van der Waals surface area contributed by atoms with Gasteiger partial charge in [0.2, 0.25) is 0 Å². The number of rotatable bonds is 10. The van der Waals surface area contributed by atoms with E-state index < -0.39 is 11.4 Å². The molecule has 0 bridgehead atoms. The maximum Gasteiger partial charge on any atom is 0.350 e. The molecule has 1 unspecified atom stereocenters. The minimum atomic E-state index is -0.763. The molecular formula is C27H40BrNO6S. The topological polar surface area (TPSA) is 106 Å². The van der Waals surface area contributed by atoms with Gasteiger partial charge in [-0.1, -0.05) is 40.7 Å². The first kappa shape index (κ1) is 33.6. The maximum atomic E-state index is 11.9. The molecule has 2 N–H and O–H groups in total. The fraction of sp³-hybridized carbons (Fsp3) is 0.519. The third-order valence-electron chi connectivity index (χ3n) is 4.87. The number of hydrogen-bond acceptors (Lipinski definition) is 8. The Labute approximate surface area is 227 Å². The smallest absolute Gasteiger partial charge is 0.350 e. The maximum absolute atomic E-state index is 11.9. The summed E-state index contributed by atoms with van der Waals surface area (Å²) in [6.45, 7) is 12.3. The fourth-order valence-electron chi connectivity index (χ4n) is 2.97. The normalized spacial score (nSPS) is 11.4. The minimum Gasteiger partial charge on any atom is -0.507 e. The molecule has 36 heavy (non-hydrogen) atoms. The summed E-state index contributed by atoms with van der Waals surface area (Å²) in [5.41, 5.74) is -1.02. The van der Waals surface area contributed by atoms with Crippen molar-refractivity contribution in [3.63, 3.8) is 0 Å². The molecule has 9 heteroatoms. The second-order valence-corrected chi connectivity index (χ2v) is 11.1. The molecule has 0 saturated carbocycles. The largest absolute Gasteiger partial charge is 0.507 e. The van der Waals surface area contributed by atoms with Crippen molar-refractivity contribution >= 4 is 39.5 Å². The van der Waals surface area contributed by atoms with Crippen LogP contribution >= 0.6 is 27.3 Å². The Morgan fingerprint density at radius 3 is 2.28 bits per heavy atom. The van der Waals surface area contributed by atoms with Crippen molar-refractivity contribution in [3.8, 4) is 5.75 Å². The molecule has 0 saturated heterocycles. The number of halogens is 1. The molecular weight excluding hydrogens is 546 g/mol. The summed E-state index contributed by atoms with van der Waals surface area (Å²) in [5.74, 6) is 0.0765. The molecule has 2 rings (SSSR count). The molecule has 2 aromatic heterocycles. The summed E-state index contributed by atoms with van der Waals surface area (Å²) in [5, 5.41) is 12.8. The Morgan fingerprint density at radius 1 is 1.25 bits per heavy atom. The molecule has 0 fully saturated rings. The van der Waals surface area contributed by atoms with Crippen LogP contribution in [0.1, 0.15) is 79.3 Å². The van der Waals surface area contributed by atoms with E-state index in [0.29, 0.717) is 12.2 Å². The zero-order chi connectivity index (χ0) is 27.8. The number of Topliss-reactive ketones (excluding diaryl/α,β-unsaturated/α-hetero) is 1. The summed E-state index contributed by atoms with van der Waals surface area (Å²) in [4.78, 5) is 35.6. The highest BCUT2D eigenvalue weighted by atomic mass is 79.9. The number of carbonyl (C=O) groups is 2. The summed E-state index contributed by atoms with van der Waals surface area (Å²) >= 11 is 5.41. The third-order valence-corrected chi connectivity index (χ3v) is 7.03. The number of allylic oxidation sites excluding steroid dienone is 1. The van der Waals surface area contributed by atoms with Gasteiger partial charge in [0.1, 0.15) is 17.1 Å². The van der Waals surface area contributed by atoms with Crippen LogP contribution in [0.3, 0.4) is 0 Å². The van der Waals surface area contributed by atoms with Gasteiger partial charge in [0.15, 0.2) is 5.78 Å². The van der Waals surface area contributed by atoms with E-state index in [0.717, 1.165) is 18.8 Å². The predicted octanol–water partition coefficient (Wildman–Crippen LogP) is 6.61. The van der Waals surface area contributed by atoms with Crippen LogP contribution in [0.5, 0.6) is 5.75 Å². The SMILES string of the molecule is CN/C=C/CCC(C)c1cc(O)c(C(=O)C(C)C)c(=O)o1.COC=O.Cc1sc(CC(C)C)cc1Br. The standard InChI is InChI=1S/C16H23NO4.C9H13BrS.C2H4O2/c1-10(2)15(19)14-12(18)9-13(21-16(14)20)11(3)7-5-6-8-17-4;1-6(2)4-8-5-9(10)7(3)11-8;1-4-2-3/h6,8-11,17-18H,5,7H2,1-4H3;5-6H,4H2,1-3H3;2H,1H3/b8-6+;;. The summed E-state index contributed by atoms with van der Waals surface area (Å²) in [7, 11) is 3.13. The Kier molecular flexibility index (Phi) is 16.8. The molecule has 2 aromatic rings. The number of carbonyl (C=O) groups excluding carboxylic acids is 2. The quantitative estimate of drug-likeness (QED) is 0.239. The number of ketones is 1. The Hall–Kier alpha value is -2.39. The lowest BCUT2D eigenvalue weighted by Gasteiger charge is -2.11. The van der Waals surface area contributed by atoms with E-state index in [1.807, 2.05) is 37.6 Å². The monoisotopic (exact) mass is 585 g/mol. The van der Waals surface area contributed by atoms with Crippen LogP contribution in [-0.2, 0) is 16.0 Å². The van der Waals surface area contributed by atoms with Crippen molar-refractivity contribution in [2.45, 2.75) is 66.7 Å². The fourth-order valence-corrected chi connectivity index (χ4v) is 4.78. The average molecular weight is 587 g/mol. The van der Waals surface area contributed by atoms with Gasteiger partial charge in [-0.2, -0.15) is 0 Å². The Bertz CT molecular complexity index is 1010. The molecule has 2 heterocycles. The molecule has 202 valence electrons. The molecule has 0 aliphatic heterocycles. The van der Waals surface area contributed by atoms with Gasteiger partial charge in [-0.3, -0.25) is 9.59 Å². The van der Waals surface area contributed by atoms with E-state index in [1.54, 1.807) is 13.8 Å². The summed E-state index contributed by atoms with van der Waals surface area (Å²) in [6, 6.07) is 3.61. The van der Waals surface area contributed by atoms with Gasteiger partial charge in [0, 0.05) is 39.2 Å². The van der Waals surface area contributed by atoms with Gasteiger partial charge in [0.25, 0.3) is 6.47 Å². The number of aryl methyl sites for hydroxylation is 1. The van der Waals surface area contributed by atoms with Crippen molar-refractivity contribution < 1.29 is 23.8 Å². The van der Waals surface area contributed by atoms with E-state index in [-0.39, 0.29) is 23.1 Å². The second-order valence-electron chi connectivity index (χ2n) is 8.93. The highest BCUT2D eigenvalue weighted by Crippen LogP contribution is 2.28. The van der Waals surface area contributed by atoms with Gasteiger partial charge >= 0.3 is 5.63 Å². The molecule has 0 aliphatic rings. The first-order chi connectivity index (χ1) is 16.9. The van der Waals surface area contributed by atoms with Crippen LogP contribution in [0, 0.1) is 18.8 Å². The van der Waals surface area contributed by atoms with E-state index >= 15 is 0 Å². The second kappa shape index (κ2) is 17.9. The number of aromatic hydroxyl groups is 1. The first-order valence-corrected chi connectivity index (χ1v) is 13.4. The molecule has 0 aliphatic carbocycles. The van der Waals surface area contributed by atoms with Crippen molar-refractivity contribution in [1.82, 2.24) is 5.32 Å². The van der Waals surface area contributed by atoms with Crippen molar-refractivity contribution in [3.05, 3.63) is 60.4 Å². The molecule has 0 radical (unpaired) electrons. The third kappa shape index (κ3) is 12.5. The zero-order valence-electron chi connectivity index (χ0n) is 22.5. The minimum absolute atomic E-state index is 0.0201. The van der Waals surface area contributed by atoms with Crippen LogP contribution in [0.4, 0.5) is 0 Å². The highest BCUT2D eigenvalue weighted by Gasteiger charge is 2.22. The van der Waals surface area contributed by atoms with Crippen LogP contribution in [0.2, 0.25) is 0 Å². The molecule has 0 spiro atoms. The first-order valence-electron chi connectivity index (χ1n) is 11.8. The summed E-state index contributed by atoms with van der Waals surface area (Å²) < 4.78 is 10.3. The number of methoxy groups -OCH3 is 1. The average Bonchev–Trinajstić information content (AvgIpc) is 3.12. The van der Waals surface area contributed by atoms with Crippen LogP contribution in [0.15, 0.2) is 38.1 Å². The predicted molar refractivity (Wildman–Crippen MR) is 150 cm³/mol. The van der Waals surface area contributed by atoms with Crippen molar-refractivity contribution in [2.75, 3.05) is 14.2 Å². The van der Waals surface area contributed by atoms with E-state index in [9.17, 15) is 14.7 Å². The molecule has 0 aromatic carbocycles. The molecule has 1 atom stereocenters. The lowest BCUT2D eigenvalue weighted by molar-refractivity contribution is -0.126. The van der Waals surface area contributed by atoms with Crippen molar-refractivity contribution in [1.29, 1.82) is 0 Å². The number of thiophene rings is 1. The summed E-state index contributed by atoms with van der Waals surface area (Å²) in [6.07, 6.45) is 6.62. The van der Waals surface area contributed by atoms with E-state index in [2.05, 4.69) is 52.8 Å². The van der Waals surface area contributed by atoms with Crippen LogP contribution < -0.4 is 10.9 Å². The van der Waals surface area contributed by atoms with Gasteiger partial charge < -0.3 is 19.6 Å². The Balaban J connectivity index is 0.000000677. The van der Waals surface area contributed by atoms with Gasteiger partial charge in [0.05, 0.1) is 7.11 Å².